The van der Waals surface area contributed by atoms with Crippen molar-refractivity contribution in [2.45, 2.75) is 12.5 Å². The molecule has 18 heavy (non-hydrogen) atoms. The molecule has 0 saturated carbocycles. The molecule has 2 heterocycles. The van der Waals surface area contributed by atoms with Gasteiger partial charge >= 0.3 is 0 Å². The van der Waals surface area contributed by atoms with Crippen molar-refractivity contribution in [3.8, 4) is 0 Å². The van der Waals surface area contributed by atoms with E-state index in [1.54, 1.807) is 4.68 Å². The van der Waals surface area contributed by atoms with Gasteiger partial charge in [-0.1, -0.05) is 0 Å². The number of halogens is 2. The van der Waals surface area contributed by atoms with E-state index < -0.39 is 11.6 Å². The molecule has 3 N–H and O–H groups in total. The van der Waals surface area contributed by atoms with Crippen molar-refractivity contribution < 1.29 is 8.78 Å². The van der Waals surface area contributed by atoms with E-state index >= 15 is 0 Å². The number of fused-ring (bicyclic) bond motifs is 1. The number of nitrogens with one attached hydrogen (secondary N) is 1. The summed E-state index contributed by atoms with van der Waals surface area (Å²) in [5.74, 6) is -0.452. The third-order valence-corrected chi connectivity index (χ3v) is 3.10. The Hall–Kier alpha value is -2.11. The summed E-state index contributed by atoms with van der Waals surface area (Å²) in [6.07, 6.45) is 2.24. The van der Waals surface area contributed by atoms with Gasteiger partial charge in [0.05, 0.1) is 17.9 Å². The average Bonchev–Trinajstić information content (AvgIpc) is 2.70. The fraction of sp³-hybridized carbons (Fsp3) is 0.250. The predicted molar refractivity (Wildman–Crippen MR) is 64.2 cm³/mol. The largest absolute Gasteiger partial charge is 0.394 e. The van der Waals surface area contributed by atoms with E-state index in [4.69, 9.17) is 5.73 Å². The Bertz CT molecular complexity index is 574. The summed E-state index contributed by atoms with van der Waals surface area (Å²) in [6, 6.07) is 3.34. The number of hydrogen-bond acceptors (Lipinski definition) is 3. The molecule has 1 aliphatic heterocycles. The lowest BCUT2D eigenvalue weighted by Gasteiger charge is -2.26. The molecule has 1 unspecified atom stereocenters. The van der Waals surface area contributed by atoms with E-state index in [0.717, 1.165) is 6.07 Å². The Labute approximate surface area is 102 Å². The molecule has 1 aromatic carbocycles. The van der Waals surface area contributed by atoms with Gasteiger partial charge in [0, 0.05) is 12.6 Å². The van der Waals surface area contributed by atoms with Crippen molar-refractivity contribution in [3.05, 3.63) is 41.6 Å². The van der Waals surface area contributed by atoms with E-state index in [2.05, 4.69) is 10.4 Å². The second kappa shape index (κ2) is 3.97. The number of benzene rings is 1. The highest BCUT2D eigenvalue weighted by atomic mass is 19.1. The minimum absolute atomic E-state index is 0.191. The molecule has 1 aromatic heterocycles. The molecule has 0 amide bonds. The third-order valence-electron chi connectivity index (χ3n) is 3.10. The highest BCUT2D eigenvalue weighted by Gasteiger charge is 2.24. The summed E-state index contributed by atoms with van der Waals surface area (Å²) in [4.78, 5) is 0. The minimum Gasteiger partial charge on any atom is -0.394 e. The second-order valence-electron chi connectivity index (χ2n) is 4.33. The van der Waals surface area contributed by atoms with Crippen LogP contribution in [0.15, 0.2) is 24.4 Å². The first kappa shape index (κ1) is 11.0. The van der Waals surface area contributed by atoms with Gasteiger partial charge in [-0.05, 0) is 24.1 Å². The number of hydrogen-bond donors (Lipinski definition) is 2. The summed E-state index contributed by atoms with van der Waals surface area (Å²) in [5, 5.41) is 7.29. The van der Waals surface area contributed by atoms with Gasteiger partial charge in [0.2, 0.25) is 0 Å². The van der Waals surface area contributed by atoms with Crippen molar-refractivity contribution in [2.24, 2.45) is 0 Å². The van der Waals surface area contributed by atoms with E-state index in [9.17, 15) is 8.78 Å². The highest BCUT2D eigenvalue weighted by Crippen LogP contribution is 2.32. The predicted octanol–water partition coefficient (Wildman–Crippen LogP) is 2.15. The van der Waals surface area contributed by atoms with Crippen LogP contribution in [0.2, 0.25) is 0 Å². The van der Waals surface area contributed by atoms with Crippen LogP contribution in [0.25, 0.3) is 0 Å². The lowest BCUT2D eigenvalue weighted by molar-refractivity contribution is 0.474. The topological polar surface area (TPSA) is 55.9 Å². The van der Waals surface area contributed by atoms with Crippen LogP contribution in [-0.4, -0.2) is 16.3 Å². The van der Waals surface area contributed by atoms with Gasteiger partial charge < -0.3 is 11.1 Å². The molecule has 1 aliphatic rings. The van der Waals surface area contributed by atoms with Crippen molar-refractivity contribution in [1.29, 1.82) is 0 Å². The third kappa shape index (κ3) is 1.70. The van der Waals surface area contributed by atoms with Gasteiger partial charge in [0.15, 0.2) is 0 Å². The first-order valence-corrected chi connectivity index (χ1v) is 5.68. The van der Waals surface area contributed by atoms with Crippen molar-refractivity contribution in [2.75, 3.05) is 17.6 Å². The van der Waals surface area contributed by atoms with Crippen LogP contribution in [0.4, 0.5) is 20.3 Å². The van der Waals surface area contributed by atoms with Crippen molar-refractivity contribution in [1.82, 2.24) is 9.78 Å². The molecular weight excluding hydrogens is 238 g/mol. The Kier molecular flexibility index (Phi) is 2.43. The maximum atomic E-state index is 13.3. The highest BCUT2D eigenvalue weighted by molar-refractivity contribution is 5.62. The van der Waals surface area contributed by atoms with E-state index in [1.165, 1.54) is 18.3 Å². The van der Waals surface area contributed by atoms with Crippen LogP contribution >= 0.6 is 0 Å². The van der Waals surface area contributed by atoms with Crippen LogP contribution in [-0.2, 0) is 0 Å². The maximum Gasteiger partial charge on any atom is 0.148 e. The molecule has 0 aliphatic carbocycles. The molecule has 94 valence electrons. The zero-order valence-corrected chi connectivity index (χ0v) is 9.53. The smallest absolute Gasteiger partial charge is 0.148 e. The standard InChI is InChI=1S/C12H12F2N4/c13-8-3-7(4-9(14)5-8)11-1-2-16-12-10(15)6-17-18(11)12/h3-6,11,16H,1-2,15H2. The maximum absolute atomic E-state index is 13.3. The monoisotopic (exact) mass is 250 g/mol. The van der Waals surface area contributed by atoms with Crippen LogP contribution < -0.4 is 11.1 Å². The van der Waals surface area contributed by atoms with Crippen LogP contribution in [0, 0.1) is 11.6 Å². The van der Waals surface area contributed by atoms with Crippen LogP contribution in [0.1, 0.15) is 18.0 Å². The zero-order chi connectivity index (χ0) is 12.7. The number of rotatable bonds is 1. The molecule has 0 spiro atoms. The Morgan fingerprint density at radius 1 is 1.28 bits per heavy atom. The second-order valence-corrected chi connectivity index (χ2v) is 4.33. The molecule has 0 radical (unpaired) electrons. The zero-order valence-electron chi connectivity index (χ0n) is 9.53. The van der Waals surface area contributed by atoms with Crippen molar-refractivity contribution in [3.63, 3.8) is 0 Å². The first-order valence-electron chi connectivity index (χ1n) is 5.68. The van der Waals surface area contributed by atoms with Crippen LogP contribution in [0.5, 0.6) is 0 Å². The summed E-state index contributed by atoms with van der Waals surface area (Å²) < 4.78 is 28.2. The molecule has 4 nitrogen and oxygen atoms in total. The fourth-order valence-electron chi connectivity index (χ4n) is 2.32. The van der Waals surface area contributed by atoms with Gasteiger partial charge in [-0.15, -0.1) is 0 Å². The number of anilines is 2. The lowest BCUT2D eigenvalue weighted by atomic mass is 10.0. The lowest BCUT2D eigenvalue weighted by Crippen LogP contribution is -2.25. The Morgan fingerprint density at radius 3 is 2.72 bits per heavy atom. The quantitative estimate of drug-likeness (QED) is 0.815. The van der Waals surface area contributed by atoms with Gasteiger partial charge in [-0.3, -0.25) is 0 Å². The first-order chi connectivity index (χ1) is 8.65. The van der Waals surface area contributed by atoms with E-state index in [1.807, 2.05) is 0 Å². The number of nitrogen functional groups attached to an aromatic ring is 1. The van der Waals surface area contributed by atoms with Crippen molar-refractivity contribution >= 4 is 11.5 Å². The van der Waals surface area contributed by atoms with Gasteiger partial charge in [-0.25, -0.2) is 13.5 Å². The summed E-state index contributed by atoms with van der Waals surface area (Å²) in [5.41, 5.74) is 6.87. The summed E-state index contributed by atoms with van der Waals surface area (Å²) in [6.45, 7) is 0.693. The molecule has 2 aromatic rings. The van der Waals surface area contributed by atoms with Crippen LogP contribution in [0.3, 0.4) is 0 Å². The SMILES string of the molecule is Nc1cnn2c1NCCC2c1cc(F)cc(F)c1. The van der Waals surface area contributed by atoms with Gasteiger partial charge in [-0.2, -0.15) is 5.10 Å². The normalized spacial score (nSPS) is 18.2. The molecule has 3 rings (SSSR count). The fourth-order valence-corrected chi connectivity index (χ4v) is 2.32. The Morgan fingerprint density at radius 2 is 2.00 bits per heavy atom. The molecular formula is C12H12F2N4. The Balaban J connectivity index is 2.08. The van der Waals surface area contributed by atoms with E-state index in [-0.39, 0.29) is 6.04 Å². The molecule has 0 saturated heterocycles. The van der Waals surface area contributed by atoms with Gasteiger partial charge in [0.25, 0.3) is 0 Å². The molecule has 6 heteroatoms. The molecule has 1 atom stereocenters. The summed E-state index contributed by atoms with van der Waals surface area (Å²) >= 11 is 0. The van der Waals surface area contributed by atoms with E-state index in [0.29, 0.717) is 30.0 Å². The summed E-state index contributed by atoms with van der Waals surface area (Å²) in [7, 11) is 0. The average molecular weight is 250 g/mol. The number of aromatic nitrogens is 2. The number of nitrogens with two attached hydrogens (primary N) is 1. The number of nitrogens with zero attached hydrogens (tertiary/aromatic N) is 2. The minimum atomic E-state index is -0.579. The van der Waals surface area contributed by atoms with Gasteiger partial charge in [0.1, 0.15) is 17.5 Å². The molecule has 0 bridgehead atoms. The molecule has 0 fully saturated rings.